The molecule has 29 heavy (non-hydrogen) atoms. The van der Waals surface area contributed by atoms with Crippen molar-refractivity contribution in [3.8, 4) is 17.2 Å². The number of benzene rings is 2. The van der Waals surface area contributed by atoms with Crippen LogP contribution in [0.5, 0.6) is 17.2 Å². The Morgan fingerprint density at radius 1 is 0.931 bits per heavy atom. The van der Waals surface area contributed by atoms with Gasteiger partial charge in [0.2, 0.25) is 11.7 Å². The maximum Gasteiger partial charge on any atom is 0.271 e. The first-order valence-electron chi connectivity index (χ1n) is 8.91. The van der Waals surface area contributed by atoms with E-state index < -0.39 is 11.8 Å². The number of carbonyl (C=O) groups is 2. The number of nitrogens with one attached hydrogen (secondary N) is 2. The summed E-state index contributed by atoms with van der Waals surface area (Å²) >= 11 is 0. The molecule has 152 valence electrons. The first-order chi connectivity index (χ1) is 14.0. The number of aryl methyl sites for hydroxylation is 1. The number of carbonyl (C=O) groups excluding carboxylic acids is 2. The van der Waals surface area contributed by atoms with Crippen LogP contribution in [0, 0.1) is 0 Å². The molecule has 2 amide bonds. The Kier molecular flexibility index (Phi) is 5.92. The van der Waals surface area contributed by atoms with Gasteiger partial charge < -0.3 is 18.8 Å². The third-order valence-corrected chi connectivity index (χ3v) is 4.59. The molecule has 8 nitrogen and oxygen atoms in total. The number of methoxy groups -OCH3 is 3. The number of rotatable bonds is 6. The van der Waals surface area contributed by atoms with Crippen molar-refractivity contribution >= 4 is 22.7 Å². The van der Waals surface area contributed by atoms with E-state index in [9.17, 15) is 9.59 Å². The second-order valence-corrected chi connectivity index (χ2v) is 6.34. The number of hydrazine groups is 1. The normalized spacial score (nSPS) is 10.5. The van der Waals surface area contributed by atoms with Gasteiger partial charge in [0, 0.05) is 29.7 Å². The highest BCUT2D eigenvalue weighted by molar-refractivity contribution is 6.07. The molecule has 0 radical (unpaired) electrons. The second kappa shape index (κ2) is 8.55. The molecular weight excluding hydrogens is 374 g/mol. The van der Waals surface area contributed by atoms with Crippen LogP contribution in [0.2, 0.25) is 0 Å². The van der Waals surface area contributed by atoms with E-state index in [1.54, 1.807) is 18.3 Å². The summed E-state index contributed by atoms with van der Waals surface area (Å²) in [5, 5.41) is 0.809. The summed E-state index contributed by atoms with van der Waals surface area (Å²) in [5.74, 6) is 0.513. The lowest BCUT2D eigenvalue weighted by molar-refractivity contribution is -0.121. The quantitative estimate of drug-likeness (QED) is 0.623. The zero-order valence-electron chi connectivity index (χ0n) is 16.7. The molecule has 0 aliphatic heterocycles. The molecule has 1 aromatic heterocycles. The molecule has 3 rings (SSSR count). The van der Waals surface area contributed by atoms with Gasteiger partial charge in [-0.05, 0) is 12.1 Å². The van der Waals surface area contributed by atoms with Crippen LogP contribution in [0.3, 0.4) is 0 Å². The highest BCUT2D eigenvalue weighted by Gasteiger charge is 2.19. The van der Waals surface area contributed by atoms with Gasteiger partial charge >= 0.3 is 0 Å². The van der Waals surface area contributed by atoms with E-state index in [0.717, 1.165) is 10.9 Å². The Bertz CT molecular complexity index is 1060. The predicted molar refractivity (Wildman–Crippen MR) is 108 cm³/mol. The highest BCUT2D eigenvalue weighted by Crippen LogP contribution is 2.39. The summed E-state index contributed by atoms with van der Waals surface area (Å²) in [6, 6.07) is 11.0. The Hall–Kier alpha value is -3.68. The van der Waals surface area contributed by atoms with Crippen LogP contribution >= 0.6 is 0 Å². The lowest BCUT2D eigenvalue weighted by atomic mass is 10.1. The van der Waals surface area contributed by atoms with Gasteiger partial charge in [-0.25, -0.2) is 0 Å². The minimum Gasteiger partial charge on any atom is -0.493 e. The first kappa shape index (κ1) is 20.1. The number of amides is 2. The number of fused-ring (bicyclic) bond motifs is 1. The van der Waals surface area contributed by atoms with Crippen molar-refractivity contribution in [2.45, 2.75) is 6.42 Å². The smallest absolute Gasteiger partial charge is 0.271 e. The third kappa shape index (κ3) is 3.96. The molecule has 0 aliphatic rings. The fourth-order valence-electron chi connectivity index (χ4n) is 3.24. The molecule has 2 N–H and O–H groups in total. The minimum atomic E-state index is -0.399. The molecule has 0 saturated heterocycles. The van der Waals surface area contributed by atoms with E-state index in [2.05, 4.69) is 10.9 Å². The number of hydrogen-bond acceptors (Lipinski definition) is 5. The van der Waals surface area contributed by atoms with Crippen molar-refractivity contribution in [1.29, 1.82) is 0 Å². The average Bonchev–Trinajstić information content (AvgIpc) is 3.08. The number of aromatic nitrogens is 1. The summed E-state index contributed by atoms with van der Waals surface area (Å²) in [5.41, 5.74) is 6.92. The first-order valence-corrected chi connectivity index (χ1v) is 8.91. The Balaban J connectivity index is 1.71. The van der Waals surface area contributed by atoms with Gasteiger partial charge in [-0.1, -0.05) is 24.3 Å². The molecule has 0 bridgehead atoms. The monoisotopic (exact) mass is 397 g/mol. The lowest BCUT2D eigenvalue weighted by Gasteiger charge is -2.15. The minimum absolute atomic E-state index is 0.0145. The molecule has 0 fully saturated rings. The predicted octanol–water partition coefficient (Wildman–Crippen LogP) is 2.21. The molecule has 0 aliphatic carbocycles. The van der Waals surface area contributed by atoms with E-state index in [1.807, 2.05) is 35.9 Å². The van der Waals surface area contributed by atoms with E-state index >= 15 is 0 Å². The molecule has 8 heteroatoms. The Morgan fingerprint density at radius 3 is 2.34 bits per heavy atom. The largest absolute Gasteiger partial charge is 0.493 e. The second-order valence-electron chi connectivity index (χ2n) is 6.34. The van der Waals surface area contributed by atoms with Gasteiger partial charge in [-0.2, -0.15) is 0 Å². The average molecular weight is 397 g/mol. The van der Waals surface area contributed by atoms with Crippen molar-refractivity contribution in [3.63, 3.8) is 0 Å². The van der Waals surface area contributed by atoms with Crippen molar-refractivity contribution in [2.75, 3.05) is 21.3 Å². The summed E-state index contributed by atoms with van der Waals surface area (Å²) in [6.07, 6.45) is 1.71. The van der Waals surface area contributed by atoms with Crippen molar-refractivity contribution in [2.24, 2.45) is 7.05 Å². The maximum absolute atomic E-state index is 12.5. The summed E-state index contributed by atoms with van der Waals surface area (Å²) in [4.78, 5) is 24.9. The Morgan fingerprint density at radius 2 is 1.66 bits per heavy atom. The maximum atomic E-state index is 12.5. The topological polar surface area (TPSA) is 90.8 Å². The summed E-state index contributed by atoms with van der Waals surface area (Å²) in [6.45, 7) is 0. The van der Waals surface area contributed by atoms with Crippen LogP contribution in [0.25, 0.3) is 10.9 Å². The van der Waals surface area contributed by atoms with Crippen LogP contribution in [0.1, 0.15) is 15.9 Å². The van der Waals surface area contributed by atoms with Crippen molar-refractivity contribution in [3.05, 3.63) is 53.7 Å². The molecule has 3 aromatic rings. The van der Waals surface area contributed by atoms with Gasteiger partial charge in [0.1, 0.15) is 0 Å². The fraction of sp³-hybridized carbons (Fsp3) is 0.238. The number of ether oxygens (including phenoxy) is 3. The molecule has 0 saturated carbocycles. The van der Waals surface area contributed by atoms with Crippen LogP contribution in [-0.4, -0.2) is 37.7 Å². The van der Waals surface area contributed by atoms with Crippen LogP contribution in [0.15, 0.2) is 42.6 Å². The molecule has 0 unspecified atom stereocenters. The van der Waals surface area contributed by atoms with Crippen LogP contribution < -0.4 is 25.1 Å². The molecule has 0 atom stereocenters. The van der Waals surface area contributed by atoms with Gasteiger partial charge in [0.15, 0.2) is 11.5 Å². The standard InChI is InChI=1S/C21H23N3O5/c1-24-12-15(14-7-5-6-8-16(14)24)21(26)23-22-18(25)11-13-9-10-17(27-2)20(29-4)19(13)28-3/h5-10,12H,11H2,1-4H3,(H,22,25)(H,23,26). The van der Waals surface area contributed by atoms with Gasteiger partial charge in [0.25, 0.3) is 5.91 Å². The SMILES string of the molecule is COc1ccc(CC(=O)NNC(=O)c2cn(C)c3ccccc23)c(OC)c1OC. The fourth-order valence-corrected chi connectivity index (χ4v) is 3.24. The van der Waals surface area contributed by atoms with Gasteiger partial charge in [-0.15, -0.1) is 0 Å². The van der Waals surface area contributed by atoms with Crippen molar-refractivity contribution in [1.82, 2.24) is 15.4 Å². The lowest BCUT2D eigenvalue weighted by Crippen LogP contribution is -2.42. The van der Waals surface area contributed by atoms with Crippen LogP contribution in [0.4, 0.5) is 0 Å². The highest BCUT2D eigenvalue weighted by atomic mass is 16.5. The number of hydrogen-bond donors (Lipinski definition) is 2. The van der Waals surface area contributed by atoms with Crippen molar-refractivity contribution < 1.29 is 23.8 Å². The third-order valence-electron chi connectivity index (χ3n) is 4.59. The van der Waals surface area contributed by atoms with Gasteiger partial charge in [0.05, 0.1) is 33.3 Å². The Labute approximate surface area is 168 Å². The van der Waals surface area contributed by atoms with E-state index in [1.165, 1.54) is 21.3 Å². The molecule has 1 heterocycles. The van der Waals surface area contributed by atoms with E-state index in [-0.39, 0.29) is 6.42 Å². The molecular formula is C21H23N3O5. The van der Waals surface area contributed by atoms with E-state index in [4.69, 9.17) is 14.2 Å². The zero-order valence-corrected chi connectivity index (χ0v) is 16.7. The summed E-state index contributed by atoms with van der Waals surface area (Å²) in [7, 11) is 6.36. The zero-order chi connectivity index (χ0) is 21.0. The summed E-state index contributed by atoms with van der Waals surface area (Å²) < 4.78 is 17.8. The van der Waals surface area contributed by atoms with Gasteiger partial charge in [-0.3, -0.25) is 20.4 Å². The molecule has 2 aromatic carbocycles. The number of para-hydroxylation sites is 1. The van der Waals surface area contributed by atoms with Crippen LogP contribution in [-0.2, 0) is 18.3 Å². The van der Waals surface area contributed by atoms with E-state index in [0.29, 0.717) is 28.4 Å². The number of nitrogens with zero attached hydrogens (tertiary/aromatic N) is 1. The molecule has 0 spiro atoms.